The molecule has 20 heavy (non-hydrogen) atoms. The molecular weight excluding hydrogens is 252 g/mol. The van der Waals surface area contributed by atoms with Crippen LogP contribution in [-0.2, 0) is 11.3 Å². The first-order valence-corrected chi connectivity index (χ1v) is 7.26. The number of methoxy groups -OCH3 is 1. The van der Waals surface area contributed by atoms with Crippen LogP contribution in [0, 0.1) is 0 Å². The minimum absolute atomic E-state index is 0.192. The predicted octanol–water partition coefficient (Wildman–Crippen LogP) is 2.18. The summed E-state index contributed by atoms with van der Waals surface area (Å²) in [5.74, 6) is 1.04. The third kappa shape index (κ3) is 4.23. The summed E-state index contributed by atoms with van der Waals surface area (Å²) in [5.41, 5.74) is 1.15. The van der Waals surface area contributed by atoms with Gasteiger partial charge in [-0.2, -0.15) is 0 Å². The highest BCUT2D eigenvalue weighted by atomic mass is 16.5. The van der Waals surface area contributed by atoms with Gasteiger partial charge in [0.2, 0.25) is 5.91 Å². The Hall–Kier alpha value is -1.55. The largest absolute Gasteiger partial charge is 0.497 e. The van der Waals surface area contributed by atoms with E-state index in [-0.39, 0.29) is 5.91 Å². The zero-order valence-corrected chi connectivity index (χ0v) is 12.6. The van der Waals surface area contributed by atoms with Crippen molar-refractivity contribution in [1.82, 2.24) is 10.2 Å². The summed E-state index contributed by atoms with van der Waals surface area (Å²) in [6.45, 7) is 5.22. The second-order valence-electron chi connectivity index (χ2n) is 5.64. The van der Waals surface area contributed by atoms with Crippen LogP contribution in [0.25, 0.3) is 0 Å². The first-order chi connectivity index (χ1) is 9.60. The van der Waals surface area contributed by atoms with Gasteiger partial charge in [-0.1, -0.05) is 26.0 Å². The van der Waals surface area contributed by atoms with E-state index in [1.807, 2.05) is 29.2 Å². The van der Waals surface area contributed by atoms with Crippen molar-refractivity contribution in [2.45, 2.75) is 45.3 Å². The van der Waals surface area contributed by atoms with E-state index in [9.17, 15) is 4.79 Å². The van der Waals surface area contributed by atoms with E-state index < -0.39 is 0 Å². The van der Waals surface area contributed by atoms with Gasteiger partial charge in [0.25, 0.3) is 0 Å². The molecule has 0 aliphatic heterocycles. The average molecular weight is 276 g/mol. The Labute approximate surface area is 121 Å². The standard InChI is InChI=1S/C16H24N2O2/c1-12(2)17-10-16(19)18(14-6-7-14)11-13-4-8-15(20-3)9-5-13/h4-5,8-9,12,14,17H,6-7,10-11H2,1-3H3. The number of hydrogen-bond acceptors (Lipinski definition) is 3. The topological polar surface area (TPSA) is 41.6 Å². The van der Waals surface area contributed by atoms with E-state index in [1.54, 1.807) is 7.11 Å². The second kappa shape index (κ2) is 6.75. The Morgan fingerprint density at radius 2 is 2.00 bits per heavy atom. The normalized spacial score (nSPS) is 14.4. The van der Waals surface area contributed by atoms with E-state index in [1.165, 1.54) is 0 Å². The predicted molar refractivity (Wildman–Crippen MR) is 79.7 cm³/mol. The van der Waals surface area contributed by atoms with Crippen LogP contribution in [-0.4, -0.2) is 36.5 Å². The Bertz CT molecular complexity index is 438. The molecular formula is C16H24N2O2. The van der Waals surface area contributed by atoms with Crippen molar-refractivity contribution in [2.24, 2.45) is 0 Å². The summed E-state index contributed by atoms with van der Waals surface area (Å²) >= 11 is 0. The van der Waals surface area contributed by atoms with Crippen molar-refractivity contribution in [3.63, 3.8) is 0 Å². The lowest BCUT2D eigenvalue weighted by Crippen LogP contribution is -2.41. The lowest BCUT2D eigenvalue weighted by Gasteiger charge is -2.23. The van der Waals surface area contributed by atoms with Crippen molar-refractivity contribution in [3.8, 4) is 5.75 Å². The quantitative estimate of drug-likeness (QED) is 0.830. The van der Waals surface area contributed by atoms with Crippen molar-refractivity contribution < 1.29 is 9.53 Å². The summed E-state index contributed by atoms with van der Waals surface area (Å²) in [6.07, 6.45) is 2.26. The Morgan fingerprint density at radius 3 is 2.50 bits per heavy atom. The van der Waals surface area contributed by atoms with Crippen LogP contribution >= 0.6 is 0 Å². The second-order valence-corrected chi connectivity index (χ2v) is 5.64. The van der Waals surface area contributed by atoms with Crippen LogP contribution in [0.15, 0.2) is 24.3 Å². The monoisotopic (exact) mass is 276 g/mol. The molecule has 0 spiro atoms. The van der Waals surface area contributed by atoms with E-state index in [2.05, 4.69) is 19.2 Å². The van der Waals surface area contributed by atoms with Crippen LogP contribution < -0.4 is 10.1 Å². The molecule has 0 unspecified atom stereocenters. The molecule has 2 rings (SSSR count). The number of carbonyl (C=O) groups is 1. The Balaban J connectivity index is 1.96. The van der Waals surface area contributed by atoms with Crippen molar-refractivity contribution in [1.29, 1.82) is 0 Å². The van der Waals surface area contributed by atoms with Gasteiger partial charge >= 0.3 is 0 Å². The molecule has 1 saturated carbocycles. The molecule has 1 aliphatic rings. The maximum absolute atomic E-state index is 12.3. The fourth-order valence-electron chi connectivity index (χ4n) is 2.13. The summed E-state index contributed by atoms with van der Waals surface area (Å²) in [6, 6.07) is 8.70. The molecule has 110 valence electrons. The molecule has 1 fully saturated rings. The van der Waals surface area contributed by atoms with Gasteiger partial charge in [-0.25, -0.2) is 0 Å². The number of hydrogen-bond donors (Lipinski definition) is 1. The first-order valence-electron chi connectivity index (χ1n) is 7.26. The maximum Gasteiger partial charge on any atom is 0.237 e. The number of nitrogens with zero attached hydrogens (tertiary/aromatic N) is 1. The fourth-order valence-corrected chi connectivity index (χ4v) is 2.13. The molecule has 0 heterocycles. The van der Waals surface area contributed by atoms with Gasteiger partial charge in [0.1, 0.15) is 5.75 Å². The minimum Gasteiger partial charge on any atom is -0.497 e. The highest BCUT2D eigenvalue weighted by molar-refractivity contribution is 5.79. The van der Waals surface area contributed by atoms with Crippen LogP contribution in [0.5, 0.6) is 5.75 Å². The van der Waals surface area contributed by atoms with E-state index in [0.29, 0.717) is 25.2 Å². The fraction of sp³-hybridized carbons (Fsp3) is 0.562. The first kappa shape index (κ1) is 14.9. The molecule has 4 nitrogen and oxygen atoms in total. The molecule has 1 amide bonds. The third-order valence-electron chi connectivity index (χ3n) is 3.48. The Morgan fingerprint density at radius 1 is 1.35 bits per heavy atom. The lowest BCUT2D eigenvalue weighted by atomic mass is 10.2. The number of amides is 1. The highest BCUT2D eigenvalue weighted by Crippen LogP contribution is 2.28. The van der Waals surface area contributed by atoms with Gasteiger partial charge in [-0.15, -0.1) is 0 Å². The van der Waals surface area contributed by atoms with E-state index in [0.717, 1.165) is 24.2 Å². The summed E-state index contributed by atoms with van der Waals surface area (Å²) < 4.78 is 5.16. The molecule has 0 radical (unpaired) electrons. The molecule has 0 saturated heterocycles. The molecule has 1 N–H and O–H groups in total. The molecule has 0 bridgehead atoms. The summed E-state index contributed by atoms with van der Waals surface area (Å²) in [7, 11) is 1.66. The number of benzene rings is 1. The highest BCUT2D eigenvalue weighted by Gasteiger charge is 2.32. The van der Waals surface area contributed by atoms with Gasteiger partial charge < -0.3 is 15.0 Å². The van der Waals surface area contributed by atoms with Crippen LogP contribution in [0.1, 0.15) is 32.3 Å². The molecule has 4 heteroatoms. The van der Waals surface area contributed by atoms with Crippen LogP contribution in [0.3, 0.4) is 0 Å². The smallest absolute Gasteiger partial charge is 0.237 e. The summed E-state index contributed by atoms with van der Waals surface area (Å²) in [4.78, 5) is 14.3. The average Bonchev–Trinajstić information content (AvgIpc) is 3.27. The maximum atomic E-state index is 12.3. The third-order valence-corrected chi connectivity index (χ3v) is 3.48. The lowest BCUT2D eigenvalue weighted by molar-refractivity contribution is -0.131. The number of rotatable bonds is 7. The van der Waals surface area contributed by atoms with Crippen molar-refractivity contribution in [3.05, 3.63) is 29.8 Å². The zero-order valence-electron chi connectivity index (χ0n) is 12.6. The molecule has 1 aromatic rings. The number of nitrogens with one attached hydrogen (secondary N) is 1. The Kier molecular flexibility index (Phi) is 5.01. The summed E-state index contributed by atoms with van der Waals surface area (Å²) in [5, 5.41) is 3.20. The SMILES string of the molecule is COc1ccc(CN(C(=O)CNC(C)C)C2CC2)cc1. The van der Waals surface area contributed by atoms with E-state index >= 15 is 0 Å². The molecule has 1 aliphatic carbocycles. The van der Waals surface area contributed by atoms with Crippen molar-refractivity contribution in [2.75, 3.05) is 13.7 Å². The van der Waals surface area contributed by atoms with Gasteiger partial charge in [-0.3, -0.25) is 4.79 Å². The molecule has 0 aromatic heterocycles. The molecule has 1 aromatic carbocycles. The minimum atomic E-state index is 0.192. The van der Waals surface area contributed by atoms with E-state index in [4.69, 9.17) is 4.74 Å². The van der Waals surface area contributed by atoms with Gasteiger partial charge in [0.05, 0.1) is 13.7 Å². The van der Waals surface area contributed by atoms with Gasteiger partial charge in [-0.05, 0) is 30.5 Å². The van der Waals surface area contributed by atoms with Crippen LogP contribution in [0.4, 0.5) is 0 Å². The van der Waals surface area contributed by atoms with Crippen LogP contribution in [0.2, 0.25) is 0 Å². The zero-order chi connectivity index (χ0) is 14.5. The van der Waals surface area contributed by atoms with Gasteiger partial charge in [0, 0.05) is 18.6 Å². The van der Waals surface area contributed by atoms with Gasteiger partial charge in [0.15, 0.2) is 0 Å². The van der Waals surface area contributed by atoms with Crippen molar-refractivity contribution >= 4 is 5.91 Å². The number of carbonyl (C=O) groups excluding carboxylic acids is 1. The molecule has 0 atom stereocenters. The number of ether oxygens (including phenoxy) is 1.